The summed E-state index contributed by atoms with van der Waals surface area (Å²) in [5.41, 5.74) is 1.05. The molecule has 1 aliphatic heterocycles. The number of anilines is 1. The highest BCUT2D eigenvalue weighted by Gasteiger charge is 2.39. The van der Waals surface area contributed by atoms with Crippen LogP contribution >= 0.6 is 22.9 Å². The van der Waals surface area contributed by atoms with Crippen LogP contribution in [-0.4, -0.2) is 44.1 Å². The number of ether oxygens (including phenoxy) is 2. The first kappa shape index (κ1) is 18.4. The first-order chi connectivity index (χ1) is 12.6. The smallest absolute Gasteiger partial charge is 0.278 e. The van der Waals surface area contributed by atoms with Crippen LogP contribution in [-0.2, 0) is 14.3 Å². The summed E-state index contributed by atoms with van der Waals surface area (Å²) in [6.07, 6.45) is 0. The van der Waals surface area contributed by atoms with E-state index < -0.39 is 5.91 Å². The van der Waals surface area contributed by atoms with Crippen molar-refractivity contribution in [2.24, 2.45) is 0 Å². The number of rotatable bonds is 7. The number of imide groups is 1. The van der Waals surface area contributed by atoms with Crippen molar-refractivity contribution in [1.29, 1.82) is 0 Å². The number of hydrogen-bond acceptors (Lipinski definition) is 6. The second kappa shape index (κ2) is 7.90. The minimum Gasteiger partial charge on any atom is -0.495 e. The third-order valence-corrected chi connectivity index (χ3v) is 5.00. The highest BCUT2D eigenvalue weighted by atomic mass is 35.5. The Morgan fingerprint density at radius 3 is 2.65 bits per heavy atom. The second-order valence-corrected chi connectivity index (χ2v) is 6.84. The zero-order valence-electron chi connectivity index (χ0n) is 14.2. The summed E-state index contributed by atoms with van der Waals surface area (Å²) in [4.78, 5) is 27.6. The lowest BCUT2D eigenvalue weighted by Crippen LogP contribution is -2.35. The summed E-state index contributed by atoms with van der Waals surface area (Å²) in [7, 11) is 3.05. The first-order valence-electron chi connectivity index (χ1n) is 7.80. The van der Waals surface area contributed by atoms with E-state index in [1.807, 2.05) is 17.5 Å². The lowest BCUT2D eigenvalue weighted by Gasteiger charge is -2.15. The van der Waals surface area contributed by atoms with E-state index in [0.717, 1.165) is 0 Å². The maximum absolute atomic E-state index is 12.9. The number of halogens is 1. The standard InChI is InChI=1S/C18H17ClN2O4S/c1-24-8-7-21-17(22)15(14-4-3-9-26-14)16(18(21)23)20-12-10-11(19)5-6-13(12)25-2/h3-6,9-10,20H,7-8H2,1-2H3. The van der Waals surface area contributed by atoms with Gasteiger partial charge in [-0.2, -0.15) is 0 Å². The fourth-order valence-corrected chi connectivity index (χ4v) is 3.58. The van der Waals surface area contributed by atoms with Gasteiger partial charge in [0.1, 0.15) is 11.4 Å². The van der Waals surface area contributed by atoms with E-state index in [0.29, 0.717) is 26.9 Å². The van der Waals surface area contributed by atoms with Gasteiger partial charge in [-0.05, 0) is 29.6 Å². The Morgan fingerprint density at radius 1 is 1.19 bits per heavy atom. The van der Waals surface area contributed by atoms with Gasteiger partial charge in [0.15, 0.2) is 0 Å². The number of benzene rings is 1. The van der Waals surface area contributed by atoms with Crippen LogP contribution in [0.5, 0.6) is 5.75 Å². The Hall–Kier alpha value is -2.35. The third-order valence-electron chi connectivity index (χ3n) is 3.88. The summed E-state index contributed by atoms with van der Waals surface area (Å²) in [5.74, 6) is -0.238. The van der Waals surface area contributed by atoms with Gasteiger partial charge in [0.05, 0.1) is 31.5 Å². The highest BCUT2D eigenvalue weighted by molar-refractivity contribution is 7.11. The van der Waals surface area contributed by atoms with E-state index >= 15 is 0 Å². The van der Waals surface area contributed by atoms with Gasteiger partial charge in [-0.1, -0.05) is 17.7 Å². The predicted octanol–water partition coefficient (Wildman–Crippen LogP) is 3.25. The normalized spacial score (nSPS) is 14.3. The maximum Gasteiger partial charge on any atom is 0.278 e. The quantitative estimate of drug-likeness (QED) is 0.732. The molecule has 26 heavy (non-hydrogen) atoms. The fourth-order valence-electron chi connectivity index (χ4n) is 2.64. The van der Waals surface area contributed by atoms with Crippen molar-refractivity contribution in [3.8, 4) is 5.75 Å². The summed E-state index contributed by atoms with van der Waals surface area (Å²) in [6, 6.07) is 8.67. The molecule has 0 radical (unpaired) electrons. The summed E-state index contributed by atoms with van der Waals surface area (Å²) >= 11 is 7.46. The van der Waals surface area contributed by atoms with Crippen molar-refractivity contribution >= 4 is 46.0 Å². The Bertz CT molecular complexity index is 864. The number of hydrogen-bond donors (Lipinski definition) is 1. The summed E-state index contributed by atoms with van der Waals surface area (Å²) in [5, 5.41) is 5.39. The SMILES string of the molecule is COCCN1C(=O)C(Nc2cc(Cl)ccc2OC)=C(c2cccs2)C1=O. The molecule has 3 rings (SSSR count). The van der Waals surface area contributed by atoms with E-state index in [9.17, 15) is 9.59 Å². The van der Waals surface area contributed by atoms with Crippen molar-refractivity contribution in [3.05, 3.63) is 51.3 Å². The minimum absolute atomic E-state index is 0.181. The van der Waals surface area contributed by atoms with Gasteiger partial charge in [0.25, 0.3) is 11.8 Å². The van der Waals surface area contributed by atoms with Gasteiger partial charge in [-0.3, -0.25) is 14.5 Å². The van der Waals surface area contributed by atoms with Crippen LogP contribution in [0.3, 0.4) is 0 Å². The van der Waals surface area contributed by atoms with Crippen LogP contribution in [0, 0.1) is 0 Å². The molecule has 0 saturated heterocycles. The number of carbonyl (C=O) groups is 2. The Balaban J connectivity index is 2.04. The average molecular weight is 393 g/mol. The van der Waals surface area contributed by atoms with Crippen LogP contribution in [0.1, 0.15) is 4.88 Å². The number of amides is 2. The molecule has 2 heterocycles. The number of nitrogens with zero attached hydrogens (tertiary/aromatic N) is 1. The molecular formula is C18H17ClN2O4S. The molecule has 0 atom stereocenters. The van der Waals surface area contributed by atoms with Gasteiger partial charge < -0.3 is 14.8 Å². The molecule has 0 spiro atoms. The lowest BCUT2D eigenvalue weighted by atomic mass is 10.2. The molecule has 2 aromatic rings. The number of thiophene rings is 1. The van der Waals surface area contributed by atoms with Gasteiger partial charge in [0, 0.05) is 17.0 Å². The molecule has 1 N–H and O–H groups in total. The zero-order chi connectivity index (χ0) is 18.7. The monoisotopic (exact) mass is 392 g/mol. The number of carbonyl (C=O) groups excluding carboxylic acids is 2. The summed E-state index contributed by atoms with van der Waals surface area (Å²) < 4.78 is 10.3. The molecule has 8 heteroatoms. The molecular weight excluding hydrogens is 376 g/mol. The van der Waals surface area contributed by atoms with Crippen LogP contribution < -0.4 is 10.1 Å². The molecule has 0 fully saturated rings. The van der Waals surface area contributed by atoms with Crippen molar-refractivity contribution < 1.29 is 19.1 Å². The largest absolute Gasteiger partial charge is 0.495 e. The number of methoxy groups -OCH3 is 2. The van der Waals surface area contributed by atoms with E-state index in [2.05, 4.69) is 5.32 Å². The molecule has 1 aliphatic rings. The molecule has 1 aromatic carbocycles. The molecule has 1 aromatic heterocycles. The minimum atomic E-state index is -0.405. The van der Waals surface area contributed by atoms with E-state index in [4.69, 9.17) is 21.1 Å². The first-order valence-corrected chi connectivity index (χ1v) is 9.06. The second-order valence-electron chi connectivity index (χ2n) is 5.45. The van der Waals surface area contributed by atoms with Gasteiger partial charge in [-0.25, -0.2) is 0 Å². The van der Waals surface area contributed by atoms with Gasteiger partial charge >= 0.3 is 0 Å². The molecule has 0 aliphatic carbocycles. The summed E-state index contributed by atoms with van der Waals surface area (Å²) in [6.45, 7) is 0.448. The lowest BCUT2D eigenvalue weighted by molar-refractivity contribution is -0.137. The van der Waals surface area contributed by atoms with Crippen LogP contribution in [0.25, 0.3) is 5.57 Å². The van der Waals surface area contributed by atoms with Crippen LogP contribution in [0.4, 0.5) is 5.69 Å². The Labute approximate surface area is 160 Å². The molecule has 0 saturated carbocycles. The highest BCUT2D eigenvalue weighted by Crippen LogP contribution is 2.35. The average Bonchev–Trinajstić information content (AvgIpc) is 3.22. The molecule has 136 valence electrons. The molecule has 6 nitrogen and oxygen atoms in total. The molecule has 2 amide bonds. The van der Waals surface area contributed by atoms with Crippen LogP contribution in [0.15, 0.2) is 41.4 Å². The van der Waals surface area contributed by atoms with Crippen molar-refractivity contribution in [2.75, 3.05) is 32.7 Å². The Morgan fingerprint density at radius 2 is 2.00 bits per heavy atom. The van der Waals surface area contributed by atoms with Crippen molar-refractivity contribution in [1.82, 2.24) is 4.90 Å². The molecule has 0 bridgehead atoms. The fraction of sp³-hybridized carbons (Fsp3) is 0.222. The van der Waals surface area contributed by atoms with E-state index in [-0.39, 0.29) is 24.8 Å². The van der Waals surface area contributed by atoms with Gasteiger partial charge in [0.2, 0.25) is 0 Å². The van der Waals surface area contributed by atoms with Gasteiger partial charge in [-0.15, -0.1) is 11.3 Å². The van der Waals surface area contributed by atoms with Crippen molar-refractivity contribution in [3.63, 3.8) is 0 Å². The molecule has 0 unspecified atom stereocenters. The number of nitrogens with one attached hydrogen (secondary N) is 1. The van der Waals surface area contributed by atoms with E-state index in [1.165, 1.54) is 30.5 Å². The van der Waals surface area contributed by atoms with Crippen LogP contribution in [0.2, 0.25) is 5.02 Å². The Kier molecular flexibility index (Phi) is 5.61. The van der Waals surface area contributed by atoms with Crippen molar-refractivity contribution in [2.45, 2.75) is 0 Å². The van der Waals surface area contributed by atoms with E-state index in [1.54, 1.807) is 18.2 Å². The third kappa shape index (κ3) is 3.46. The maximum atomic E-state index is 12.9. The topological polar surface area (TPSA) is 67.9 Å². The zero-order valence-corrected chi connectivity index (χ0v) is 15.8. The predicted molar refractivity (Wildman–Crippen MR) is 101 cm³/mol.